The third-order valence-corrected chi connectivity index (χ3v) is 3.11. The van der Waals surface area contributed by atoms with Crippen LogP contribution in [0.1, 0.15) is 17.8 Å². The molecule has 0 radical (unpaired) electrons. The summed E-state index contributed by atoms with van der Waals surface area (Å²) in [6.07, 6.45) is 0.426. The van der Waals surface area contributed by atoms with Gasteiger partial charge in [0.2, 0.25) is 0 Å². The van der Waals surface area contributed by atoms with Gasteiger partial charge in [0.25, 0.3) is 10.1 Å². The maximum atomic E-state index is 10.5. The quantitative estimate of drug-likeness (QED) is 0.616. The number of hydrogen-bond acceptors (Lipinski definition) is 2. The molecular weight excluding hydrogens is 214 g/mol. The predicted molar refractivity (Wildman–Crippen MR) is 57.1 cm³/mol. The van der Waals surface area contributed by atoms with Crippen LogP contribution < -0.4 is 4.57 Å². The van der Waals surface area contributed by atoms with Crippen LogP contribution in [0.2, 0.25) is 0 Å². The van der Waals surface area contributed by atoms with Gasteiger partial charge >= 0.3 is 0 Å². The van der Waals surface area contributed by atoms with E-state index in [9.17, 15) is 8.42 Å². The molecule has 0 bridgehead atoms. The first-order chi connectivity index (χ1) is 6.90. The molecule has 84 valence electrons. The number of aryl methyl sites for hydroxylation is 2. The van der Waals surface area contributed by atoms with E-state index >= 15 is 0 Å². The molecule has 1 heterocycles. The molecule has 0 saturated heterocycles. The van der Waals surface area contributed by atoms with Crippen molar-refractivity contribution in [2.24, 2.45) is 0 Å². The van der Waals surface area contributed by atoms with E-state index < -0.39 is 10.1 Å². The molecule has 0 spiro atoms. The van der Waals surface area contributed by atoms with Gasteiger partial charge in [-0.25, -0.2) is 4.57 Å². The van der Waals surface area contributed by atoms with Gasteiger partial charge in [0.05, 0.1) is 5.75 Å². The normalized spacial score (nSPS) is 11.7. The van der Waals surface area contributed by atoms with Crippen LogP contribution in [0.5, 0.6) is 0 Å². The number of aromatic nitrogens is 1. The predicted octanol–water partition coefficient (Wildman–Crippen LogP) is 0.869. The summed E-state index contributed by atoms with van der Waals surface area (Å²) < 4.78 is 31.7. The van der Waals surface area contributed by atoms with E-state index in [1.165, 1.54) is 0 Å². The molecule has 0 aromatic carbocycles. The standard InChI is InChI=1S/C10H15NO3S/c1-9-5-3-6-10(2)11(9)7-4-8-15(12,13)14/h3,5-6H,4,7-8H2,1-2H3/p+1. The molecule has 0 aliphatic carbocycles. The lowest BCUT2D eigenvalue weighted by Crippen LogP contribution is -2.40. The van der Waals surface area contributed by atoms with E-state index in [0.29, 0.717) is 13.0 Å². The topological polar surface area (TPSA) is 58.2 Å². The first-order valence-electron chi connectivity index (χ1n) is 4.81. The minimum atomic E-state index is -3.83. The fraction of sp³-hybridized carbons (Fsp3) is 0.500. The molecular formula is C10H16NO3S+. The van der Waals surface area contributed by atoms with E-state index in [2.05, 4.69) is 0 Å². The molecule has 0 saturated carbocycles. The summed E-state index contributed by atoms with van der Waals surface area (Å²) in [7, 11) is -3.83. The Bertz CT molecular complexity index is 420. The highest BCUT2D eigenvalue weighted by atomic mass is 32.2. The monoisotopic (exact) mass is 230 g/mol. The van der Waals surface area contributed by atoms with Crippen LogP contribution in [0, 0.1) is 13.8 Å². The third kappa shape index (κ3) is 3.97. The first kappa shape index (κ1) is 12.1. The largest absolute Gasteiger partial charge is 0.286 e. The van der Waals surface area contributed by atoms with E-state index in [-0.39, 0.29) is 5.75 Å². The molecule has 5 heteroatoms. The Kier molecular flexibility index (Phi) is 3.82. The minimum absolute atomic E-state index is 0.187. The zero-order chi connectivity index (χ0) is 11.5. The van der Waals surface area contributed by atoms with Gasteiger partial charge < -0.3 is 0 Å². The van der Waals surface area contributed by atoms with Gasteiger partial charge in [-0.3, -0.25) is 4.55 Å². The number of nitrogens with zero attached hydrogens (tertiary/aromatic N) is 1. The summed E-state index contributed by atoms with van der Waals surface area (Å²) in [5.74, 6) is -0.187. The maximum absolute atomic E-state index is 10.5. The van der Waals surface area contributed by atoms with E-state index in [1.807, 2.05) is 36.6 Å². The van der Waals surface area contributed by atoms with Gasteiger partial charge in [0.15, 0.2) is 11.4 Å². The second kappa shape index (κ2) is 4.72. The van der Waals surface area contributed by atoms with Crippen LogP contribution in [0.3, 0.4) is 0 Å². The molecule has 0 unspecified atom stereocenters. The fourth-order valence-corrected chi connectivity index (χ4v) is 2.04. The number of pyridine rings is 1. The Morgan fingerprint density at radius 1 is 1.27 bits per heavy atom. The Labute approximate surface area is 90.3 Å². The van der Waals surface area contributed by atoms with Crippen molar-refractivity contribution in [1.29, 1.82) is 0 Å². The lowest BCUT2D eigenvalue weighted by molar-refractivity contribution is -0.708. The van der Waals surface area contributed by atoms with Crippen LogP contribution in [0.4, 0.5) is 0 Å². The summed E-state index contributed by atoms with van der Waals surface area (Å²) in [6, 6.07) is 5.91. The highest BCUT2D eigenvalue weighted by molar-refractivity contribution is 7.85. The van der Waals surface area contributed by atoms with Crippen molar-refractivity contribution in [3.8, 4) is 0 Å². The second-order valence-electron chi connectivity index (χ2n) is 3.60. The minimum Gasteiger partial charge on any atom is -0.286 e. The van der Waals surface area contributed by atoms with E-state index in [4.69, 9.17) is 4.55 Å². The molecule has 0 fully saturated rings. The van der Waals surface area contributed by atoms with Crippen molar-refractivity contribution in [2.45, 2.75) is 26.8 Å². The highest BCUT2D eigenvalue weighted by Gasteiger charge is 2.11. The molecule has 0 aliphatic rings. The van der Waals surface area contributed by atoms with Gasteiger partial charge in [-0.1, -0.05) is 0 Å². The molecule has 15 heavy (non-hydrogen) atoms. The number of hydrogen-bond donors (Lipinski definition) is 1. The molecule has 0 atom stereocenters. The van der Waals surface area contributed by atoms with Crippen LogP contribution in [-0.4, -0.2) is 18.7 Å². The van der Waals surface area contributed by atoms with E-state index in [0.717, 1.165) is 11.4 Å². The van der Waals surface area contributed by atoms with Gasteiger partial charge in [-0.05, 0) is 6.07 Å². The maximum Gasteiger partial charge on any atom is 0.265 e. The molecule has 4 nitrogen and oxygen atoms in total. The van der Waals surface area contributed by atoms with Crippen molar-refractivity contribution >= 4 is 10.1 Å². The Morgan fingerprint density at radius 3 is 2.27 bits per heavy atom. The lowest BCUT2D eigenvalue weighted by Gasteiger charge is -2.02. The first-order valence-corrected chi connectivity index (χ1v) is 6.42. The van der Waals surface area contributed by atoms with Gasteiger partial charge in [0.1, 0.15) is 6.54 Å². The van der Waals surface area contributed by atoms with Crippen molar-refractivity contribution < 1.29 is 17.5 Å². The van der Waals surface area contributed by atoms with Crippen LogP contribution >= 0.6 is 0 Å². The third-order valence-electron chi connectivity index (χ3n) is 2.31. The summed E-state index contributed by atoms with van der Waals surface area (Å²) in [6.45, 7) is 4.55. The smallest absolute Gasteiger partial charge is 0.265 e. The Morgan fingerprint density at radius 2 is 1.80 bits per heavy atom. The van der Waals surface area contributed by atoms with Crippen molar-refractivity contribution in [3.63, 3.8) is 0 Å². The summed E-state index contributed by atoms with van der Waals surface area (Å²) >= 11 is 0. The fourth-order valence-electron chi connectivity index (χ4n) is 1.54. The van der Waals surface area contributed by atoms with Crippen LogP contribution in [0.15, 0.2) is 18.2 Å². The van der Waals surface area contributed by atoms with Crippen molar-refractivity contribution in [1.82, 2.24) is 0 Å². The molecule has 0 amide bonds. The number of rotatable bonds is 4. The van der Waals surface area contributed by atoms with Crippen molar-refractivity contribution in [2.75, 3.05) is 5.75 Å². The second-order valence-corrected chi connectivity index (χ2v) is 5.17. The molecule has 1 N–H and O–H groups in total. The highest BCUT2D eigenvalue weighted by Crippen LogP contribution is 1.96. The van der Waals surface area contributed by atoms with Gasteiger partial charge in [0, 0.05) is 32.4 Å². The average Bonchev–Trinajstić information content (AvgIpc) is 2.08. The van der Waals surface area contributed by atoms with Crippen LogP contribution in [-0.2, 0) is 16.7 Å². The van der Waals surface area contributed by atoms with E-state index in [1.54, 1.807) is 0 Å². The summed E-state index contributed by atoms with van der Waals surface area (Å²) in [5.41, 5.74) is 2.18. The zero-order valence-corrected chi connectivity index (χ0v) is 9.79. The van der Waals surface area contributed by atoms with Crippen molar-refractivity contribution in [3.05, 3.63) is 29.6 Å². The lowest BCUT2D eigenvalue weighted by atomic mass is 10.3. The molecule has 1 aromatic heterocycles. The summed E-state index contributed by atoms with van der Waals surface area (Å²) in [5, 5.41) is 0. The SMILES string of the molecule is Cc1cccc(C)[n+]1CCCS(=O)(=O)O. The molecule has 1 rings (SSSR count). The average molecular weight is 230 g/mol. The summed E-state index contributed by atoms with van der Waals surface area (Å²) in [4.78, 5) is 0. The van der Waals surface area contributed by atoms with Gasteiger partial charge in [-0.2, -0.15) is 8.42 Å². The molecule has 0 aliphatic heterocycles. The van der Waals surface area contributed by atoms with Crippen LogP contribution in [0.25, 0.3) is 0 Å². The molecule has 1 aromatic rings. The van der Waals surface area contributed by atoms with Gasteiger partial charge in [-0.15, -0.1) is 0 Å². The Balaban J connectivity index is 2.66. The zero-order valence-electron chi connectivity index (χ0n) is 8.97. The Hall–Kier alpha value is -0.940.